The Morgan fingerprint density at radius 1 is 1.09 bits per heavy atom. The van der Waals surface area contributed by atoms with Crippen molar-refractivity contribution >= 4 is 0 Å². The summed E-state index contributed by atoms with van der Waals surface area (Å²) in [5, 5.41) is 32.7. The molecule has 2 aromatic carbocycles. The normalized spacial score (nSPS) is 17.0. The molecule has 0 spiro atoms. The number of nitrogens with one attached hydrogen (secondary N) is 1. The van der Waals surface area contributed by atoms with Crippen molar-refractivity contribution in [1.82, 2.24) is 5.32 Å². The fourth-order valence-corrected chi connectivity index (χ4v) is 2.86. The second-order valence-corrected chi connectivity index (χ2v) is 5.34. The van der Waals surface area contributed by atoms with Gasteiger partial charge >= 0.3 is 0 Å². The first kappa shape index (κ1) is 14.5. The largest absolute Gasteiger partial charge is 0.504 e. The van der Waals surface area contributed by atoms with Gasteiger partial charge < -0.3 is 25.4 Å². The third-order valence-corrected chi connectivity index (χ3v) is 3.91. The second kappa shape index (κ2) is 5.77. The summed E-state index contributed by atoms with van der Waals surface area (Å²) in [6.45, 7) is 3.11. The van der Waals surface area contributed by atoms with Gasteiger partial charge in [0.25, 0.3) is 0 Å². The van der Waals surface area contributed by atoms with Crippen LogP contribution in [0.4, 0.5) is 0 Å². The Morgan fingerprint density at radius 2 is 1.86 bits per heavy atom. The van der Waals surface area contributed by atoms with Crippen LogP contribution in [-0.4, -0.2) is 28.5 Å². The van der Waals surface area contributed by atoms with Crippen LogP contribution in [0.25, 0.3) is 0 Å². The van der Waals surface area contributed by atoms with Crippen LogP contribution in [0.3, 0.4) is 0 Å². The highest BCUT2D eigenvalue weighted by Crippen LogP contribution is 2.38. The van der Waals surface area contributed by atoms with Crippen LogP contribution in [0.5, 0.6) is 23.0 Å². The molecule has 0 aliphatic carbocycles. The van der Waals surface area contributed by atoms with Crippen molar-refractivity contribution in [3.63, 3.8) is 0 Å². The van der Waals surface area contributed by atoms with Crippen molar-refractivity contribution in [2.45, 2.75) is 19.4 Å². The molecule has 1 heterocycles. The molecule has 4 N–H and O–H groups in total. The van der Waals surface area contributed by atoms with Gasteiger partial charge in [-0.05, 0) is 54.3 Å². The molecule has 0 aromatic heterocycles. The average molecular weight is 301 g/mol. The Morgan fingerprint density at radius 3 is 2.64 bits per heavy atom. The number of hydrogen-bond donors (Lipinski definition) is 4. The van der Waals surface area contributed by atoms with Crippen LogP contribution >= 0.6 is 0 Å². The van der Waals surface area contributed by atoms with Crippen molar-refractivity contribution < 1.29 is 20.1 Å². The van der Waals surface area contributed by atoms with Crippen LogP contribution < -0.4 is 10.1 Å². The predicted octanol–water partition coefficient (Wildman–Crippen LogP) is 2.44. The molecule has 5 nitrogen and oxygen atoms in total. The minimum Gasteiger partial charge on any atom is -0.504 e. The zero-order chi connectivity index (χ0) is 15.7. The van der Waals surface area contributed by atoms with Gasteiger partial charge in [-0.2, -0.15) is 0 Å². The SMILES string of the molecule is CCOc1cc([C@@H]2NCCc3cc(O)c(O)cc32)ccc1O. The summed E-state index contributed by atoms with van der Waals surface area (Å²) < 4.78 is 5.43. The summed E-state index contributed by atoms with van der Waals surface area (Å²) in [5.74, 6) is 0.323. The van der Waals surface area contributed by atoms with Crippen LogP contribution in [0.2, 0.25) is 0 Å². The molecule has 1 atom stereocenters. The van der Waals surface area contributed by atoms with Gasteiger partial charge in [0.2, 0.25) is 0 Å². The Balaban J connectivity index is 2.04. The van der Waals surface area contributed by atoms with Crippen LogP contribution in [-0.2, 0) is 6.42 Å². The molecule has 0 amide bonds. The van der Waals surface area contributed by atoms with E-state index in [9.17, 15) is 15.3 Å². The molecule has 0 fully saturated rings. The molecule has 2 aromatic rings. The minimum atomic E-state index is -0.128. The number of ether oxygens (including phenoxy) is 1. The predicted molar refractivity (Wildman–Crippen MR) is 82.6 cm³/mol. The third kappa shape index (κ3) is 2.55. The van der Waals surface area contributed by atoms with Crippen molar-refractivity contribution in [3.8, 4) is 23.0 Å². The lowest BCUT2D eigenvalue weighted by atomic mass is 9.89. The van der Waals surface area contributed by atoms with Gasteiger partial charge in [0, 0.05) is 6.54 Å². The smallest absolute Gasteiger partial charge is 0.161 e. The summed E-state index contributed by atoms with van der Waals surface area (Å²) in [4.78, 5) is 0. The average Bonchev–Trinajstić information content (AvgIpc) is 2.50. The lowest BCUT2D eigenvalue weighted by Crippen LogP contribution is -2.30. The number of aromatic hydroxyl groups is 3. The molecule has 116 valence electrons. The van der Waals surface area contributed by atoms with E-state index in [2.05, 4.69) is 5.32 Å². The molecule has 0 saturated carbocycles. The van der Waals surface area contributed by atoms with Gasteiger partial charge in [-0.1, -0.05) is 6.07 Å². The Hall–Kier alpha value is -2.40. The summed E-state index contributed by atoms with van der Waals surface area (Å²) in [6.07, 6.45) is 0.788. The lowest BCUT2D eigenvalue weighted by molar-refractivity contribution is 0.317. The molecule has 3 rings (SSSR count). The van der Waals surface area contributed by atoms with Gasteiger partial charge in [0.15, 0.2) is 23.0 Å². The van der Waals surface area contributed by atoms with Gasteiger partial charge in [0.1, 0.15) is 0 Å². The fourth-order valence-electron chi connectivity index (χ4n) is 2.86. The molecule has 22 heavy (non-hydrogen) atoms. The first-order valence-electron chi connectivity index (χ1n) is 7.34. The lowest BCUT2D eigenvalue weighted by Gasteiger charge is -2.28. The highest BCUT2D eigenvalue weighted by atomic mass is 16.5. The van der Waals surface area contributed by atoms with E-state index in [4.69, 9.17) is 4.74 Å². The van der Waals surface area contributed by atoms with E-state index in [1.165, 1.54) is 0 Å². The molecule has 1 aliphatic heterocycles. The van der Waals surface area contributed by atoms with Crippen LogP contribution in [0, 0.1) is 0 Å². The van der Waals surface area contributed by atoms with Crippen molar-refractivity contribution in [3.05, 3.63) is 47.0 Å². The van der Waals surface area contributed by atoms with E-state index in [0.29, 0.717) is 12.4 Å². The summed E-state index contributed by atoms with van der Waals surface area (Å²) >= 11 is 0. The van der Waals surface area contributed by atoms with E-state index in [1.54, 1.807) is 24.3 Å². The second-order valence-electron chi connectivity index (χ2n) is 5.34. The Labute approximate surface area is 128 Å². The first-order chi connectivity index (χ1) is 10.6. The monoisotopic (exact) mass is 301 g/mol. The Kier molecular flexibility index (Phi) is 3.81. The van der Waals surface area contributed by atoms with E-state index < -0.39 is 0 Å². The maximum absolute atomic E-state index is 9.82. The molecule has 0 bridgehead atoms. The van der Waals surface area contributed by atoms with Crippen molar-refractivity contribution in [1.29, 1.82) is 0 Å². The summed E-state index contributed by atoms with van der Waals surface area (Å²) in [5.41, 5.74) is 2.87. The van der Waals surface area contributed by atoms with E-state index in [1.807, 2.05) is 13.0 Å². The zero-order valence-corrected chi connectivity index (χ0v) is 12.3. The molecule has 0 radical (unpaired) electrons. The minimum absolute atomic E-state index is 0.0971. The highest BCUT2D eigenvalue weighted by molar-refractivity contribution is 5.52. The van der Waals surface area contributed by atoms with E-state index in [0.717, 1.165) is 29.7 Å². The number of fused-ring (bicyclic) bond motifs is 1. The number of hydrogen-bond acceptors (Lipinski definition) is 5. The Bertz CT molecular complexity index is 699. The maximum atomic E-state index is 9.82. The van der Waals surface area contributed by atoms with Gasteiger partial charge in [-0.25, -0.2) is 0 Å². The van der Waals surface area contributed by atoms with Gasteiger partial charge in [0.05, 0.1) is 12.6 Å². The number of benzene rings is 2. The van der Waals surface area contributed by atoms with Crippen LogP contribution in [0.1, 0.15) is 29.7 Å². The topological polar surface area (TPSA) is 82.0 Å². The molecule has 5 heteroatoms. The first-order valence-corrected chi connectivity index (χ1v) is 7.34. The van der Waals surface area contributed by atoms with Gasteiger partial charge in [-0.3, -0.25) is 0 Å². The van der Waals surface area contributed by atoms with E-state index >= 15 is 0 Å². The highest BCUT2D eigenvalue weighted by Gasteiger charge is 2.24. The maximum Gasteiger partial charge on any atom is 0.161 e. The molecule has 0 saturated heterocycles. The van der Waals surface area contributed by atoms with Crippen molar-refractivity contribution in [2.24, 2.45) is 0 Å². The number of phenols is 3. The number of phenolic OH excluding ortho intramolecular Hbond substituents is 3. The third-order valence-electron chi connectivity index (χ3n) is 3.91. The fraction of sp³-hybridized carbons (Fsp3) is 0.294. The molecular weight excluding hydrogens is 282 g/mol. The van der Waals surface area contributed by atoms with E-state index in [-0.39, 0.29) is 23.3 Å². The molecular formula is C17H19NO4. The summed E-state index contributed by atoms with van der Waals surface area (Å²) in [7, 11) is 0. The summed E-state index contributed by atoms with van der Waals surface area (Å²) in [6, 6.07) is 8.33. The van der Waals surface area contributed by atoms with Crippen LogP contribution in [0.15, 0.2) is 30.3 Å². The standard InChI is InChI=1S/C17H19NO4/c1-2-22-16-8-11(3-4-13(16)19)17-12-9-15(21)14(20)7-10(12)5-6-18-17/h3-4,7-9,17-21H,2,5-6H2,1H3/t17-/m0/s1. The quantitative estimate of drug-likeness (QED) is 0.655. The molecule has 1 aliphatic rings. The van der Waals surface area contributed by atoms with Gasteiger partial charge in [-0.15, -0.1) is 0 Å². The molecule has 0 unspecified atom stereocenters. The zero-order valence-electron chi connectivity index (χ0n) is 12.3. The number of rotatable bonds is 3. The van der Waals surface area contributed by atoms with Crippen molar-refractivity contribution in [2.75, 3.05) is 13.2 Å².